The topological polar surface area (TPSA) is 155 Å². The van der Waals surface area contributed by atoms with E-state index in [1.54, 1.807) is 0 Å². The Morgan fingerprint density at radius 3 is 2.39 bits per heavy atom. The first-order valence-electron chi connectivity index (χ1n) is 9.77. The average molecular weight is 408 g/mol. The van der Waals surface area contributed by atoms with Crippen LogP contribution in [0, 0.1) is 0 Å². The molecule has 3 unspecified atom stereocenters. The molecule has 2 amide bonds. The van der Waals surface area contributed by atoms with Gasteiger partial charge in [0.25, 0.3) is 0 Å². The second kappa shape index (κ2) is 16.6. The van der Waals surface area contributed by atoms with E-state index in [0.717, 1.165) is 30.6 Å². The van der Waals surface area contributed by atoms with Crippen molar-refractivity contribution in [3.63, 3.8) is 0 Å². The largest absolute Gasteiger partial charge is 0.393 e. The van der Waals surface area contributed by atoms with E-state index >= 15 is 0 Å². The minimum atomic E-state index is -1.51. The van der Waals surface area contributed by atoms with E-state index < -0.39 is 31.1 Å². The Bertz CT molecular complexity index is 424. The molecule has 166 valence electrons. The average Bonchev–Trinajstić information content (AvgIpc) is 2.63. The summed E-state index contributed by atoms with van der Waals surface area (Å²) in [6.45, 7) is 3.34. The van der Waals surface area contributed by atoms with Gasteiger partial charge in [-0.25, -0.2) is 0 Å². The van der Waals surface area contributed by atoms with Gasteiger partial charge in [0.2, 0.25) is 11.8 Å². The number of hydrogen-bond acceptors (Lipinski definition) is 8. The molecule has 0 saturated carbocycles. The first-order valence-corrected chi connectivity index (χ1v) is 9.77. The molecule has 10 heteroatoms. The van der Waals surface area contributed by atoms with Crippen LogP contribution in [0.5, 0.6) is 0 Å². The molecule has 0 spiro atoms. The summed E-state index contributed by atoms with van der Waals surface area (Å²) in [7, 11) is 0. The highest BCUT2D eigenvalue weighted by Crippen LogP contribution is 2.09. The second-order valence-corrected chi connectivity index (χ2v) is 6.54. The highest BCUT2D eigenvalue weighted by atomic mass is 16.7. The monoisotopic (exact) mass is 407 g/mol. The highest BCUT2D eigenvalue weighted by Gasteiger charge is 2.30. The van der Waals surface area contributed by atoms with Gasteiger partial charge in [-0.05, 0) is 32.7 Å². The lowest BCUT2D eigenvalue weighted by Gasteiger charge is -2.33. The van der Waals surface area contributed by atoms with Crippen molar-refractivity contribution in [3.8, 4) is 0 Å². The number of nitrogens with zero attached hydrogens (tertiary/aromatic N) is 1. The summed E-state index contributed by atoms with van der Waals surface area (Å²) < 4.78 is 10.5. The Labute approximate surface area is 167 Å². The van der Waals surface area contributed by atoms with Crippen LogP contribution in [-0.2, 0) is 19.1 Å². The molecule has 0 aromatic heterocycles. The maximum Gasteiger partial charge on any atom is 0.223 e. The third-order valence-electron chi connectivity index (χ3n) is 4.07. The van der Waals surface area contributed by atoms with Gasteiger partial charge in [0, 0.05) is 26.5 Å². The normalized spacial score (nSPS) is 14.4. The van der Waals surface area contributed by atoms with Gasteiger partial charge in [-0.15, -0.1) is 0 Å². The zero-order valence-electron chi connectivity index (χ0n) is 17.0. The van der Waals surface area contributed by atoms with E-state index in [2.05, 4.69) is 5.32 Å². The molecule has 10 nitrogen and oxygen atoms in total. The maximum absolute atomic E-state index is 11.7. The summed E-state index contributed by atoms with van der Waals surface area (Å²) in [6.07, 6.45) is 1.03. The number of hydrogen-bond donors (Lipinski definition) is 5. The van der Waals surface area contributed by atoms with Crippen molar-refractivity contribution in [2.45, 2.75) is 70.9 Å². The highest BCUT2D eigenvalue weighted by molar-refractivity contribution is 5.75. The predicted octanol–water partition coefficient (Wildman–Crippen LogP) is -0.741. The Kier molecular flexibility index (Phi) is 15.9. The van der Waals surface area contributed by atoms with Gasteiger partial charge in [0.1, 0.15) is 19.1 Å². The minimum absolute atomic E-state index is 0.0407. The minimum Gasteiger partial charge on any atom is -0.393 e. The maximum atomic E-state index is 11.7. The second-order valence-electron chi connectivity index (χ2n) is 6.54. The summed E-state index contributed by atoms with van der Waals surface area (Å²) in [4.78, 5) is 23.9. The van der Waals surface area contributed by atoms with Crippen LogP contribution in [-0.4, -0.2) is 83.7 Å². The van der Waals surface area contributed by atoms with Crippen LogP contribution in [0.3, 0.4) is 0 Å². The van der Waals surface area contributed by atoms with Gasteiger partial charge in [-0.3, -0.25) is 14.5 Å². The zero-order chi connectivity index (χ0) is 21.4. The Morgan fingerprint density at radius 2 is 1.82 bits per heavy atom. The van der Waals surface area contributed by atoms with Crippen molar-refractivity contribution in [1.82, 2.24) is 10.2 Å². The lowest BCUT2D eigenvalue weighted by molar-refractivity contribution is -0.199. The van der Waals surface area contributed by atoms with Gasteiger partial charge >= 0.3 is 0 Å². The van der Waals surface area contributed by atoms with Crippen molar-refractivity contribution in [3.05, 3.63) is 0 Å². The van der Waals surface area contributed by atoms with Gasteiger partial charge in [0.05, 0.1) is 6.61 Å². The van der Waals surface area contributed by atoms with E-state index in [1.807, 2.05) is 0 Å². The van der Waals surface area contributed by atoms with Gasteiger partial charge < -0.3 is 35.8 Å². The van der Waals surface area contributed by atoms with Gasteiger partial charge in [-0.2, -0.15) is 0 Å². The molecule has 0 radical (unpaired) electrons. The molecule has 0 aliphatic carbocycles. The molecule has 3 atom stereocenters. The summed E-state index contributed by atoms with van der Waals surface area (Å²) in [6, 6.07) is 0. The quantitative estimate of drug-likeness (QED) is 0.156. The number of carbonyl (C=O) groups excluding carboxylic acids is 2. The number of rotatable bonds is 17. The van der Waals surface area contributed by atoms with Crippen molar-refractivity contribution in [1.29, 1.82) is 0 Å². The molecule has 0 heterocycles. The fraction of sp³-hybridized carbons (Fsp3) is 0.889. The van der Waals surface area contributed by atoms with Crippen LogP contribution in [0.2, 0.25) is 0 Å². The SMILES string of the molecule is CC(=O)N(C(C)O)C(O)C(CO)OCOCCCC(=O)NCCCCCCN. The first-order chi connectivity index (χ1) is 13.3. The fourth-order valence-corrected chi connectivity index (χ4v) is 2.55. The number of aliphatic hydroxyl groups is 3. The van der Waals surface area contributed by atoms with Gasteiger partial charge in [0.15, 0.2) is 6.23 Å². The van der Waals surface area contributed by atoms with Crippen LogP contribution in [0.15, 0.2) is 0 Å². The summed E-state index contributed by atoms with van der Waals surface area (Å²) in [5, 5.41) is 31.8. The zero-order valence-corrected chi connectivity index (χ0v) is 17.0. The molecule has 0 fully saturated rings. The van der Waals surface area contributed by atoms with Crippen molar-refractivity contribution < 1.29 is 34.4 Å². The Morgan fingerprint density at radius 1 is 1.14 bits per heavy atom. The van der Waals surface area contributed by atoms with E-state index in [1.165, 1.54) is 13.8 Å². The van der Waals surface area contributed by atoms with Crippen LogP contribution >= 0.6 is 0 Å². The third-order valence-corrected chi connectivity index (χ3v) is 4.07. The molecular formula is C18H37N3O7. The van der Waals surface area contributed by atoms with Crippen LogP contribution < -0.4 is 11.1 Å². The Balaban J connectivity index is 3.87. The van der Waals surface area contributed by atoms with Crippen molar-refractivity contribution in [2.75, 3.05) is 33.1 Å². The molecule has 0 aliphatic rings. The van der Waals surface area contributed by atoms with E-state index in [9.17, 15) is 24.9 Å². The number of carbonyl (C=O) groups is 2. The number of amides is 2. The number of nitrogens with one attached hydrogen (secondary N) is 1. The molecular weight excluding hydrogens is 370 g/mol. The molecule has 0 saturated heterocycles. The number of unbranched alkanes of at least 4 members (excludes halogenated alkanes) is 3. The smallest absolute Gasteiger partial charge is 0.223 e. The molecule has 0 aromatic carbocycles. The van der Waals surface area contributed by atoms with Crippen LogP contribution in [0.4, 0.5) is 0 Å². The van der Waals surface area contributed by atoms with Crippen molar-refractivity contribution >= 4 is 11.8 Å². The molecule has 28 heavy (non-hydrogen) atoms. The van der Waals surface area contributed by atoms with E-state index in [-0.39, 0.29) is 19.3 Å². The molecule has 0 aromatic rings. The lowest BCUT2D eigenvalue weighted by atomic mass is 10.2. The summed E-state index contributed by atoms with van der Waals surface area (Å²) >= 11 is 0. The fourth-order valence-electron chi connectivity index (χ4n) is 2.55. The number of nitrogens with two attached hydrogens (primary N) is 1. The molecule has 6 N–H and O–H groups in total. The number of aliphatic hydroxyl groups excluding tert-OH is 3. The first kappa shape index (κ1) is 26.7. The van der Waals surface area contributed by atoms with Gasteiger partial charge in [-0.1, -0.05) is 12.8 Å². The molecule has 0 bridgehead atoms. The van der Waals surface area contributed by atoms with Crippen molar-refractivity contribution in [2.24, 2.45) is 5.73 Å². The predicted molar refractivity (Wildman–Crippen MR) is 103 cm³/mol. The summed E-state index contributed by atoms with van der Waals surface area (Å²) in [5.41, 5.74) is 5.42. The van der Waals surface area contributed by atoms with Crippen LogP contribution in [0.1, 0.15) is 52.4 Å². The van der Waals surface area contributed by atoms with E-state index in [0.29, 0.717) is 25.9 Å². The third kappa shape index (κ3) is 12.2. The Hall–Kier alpha value is -1.30. The standard InChI is InChI=1S/C18H37N3O7/c1-14(23)21(15(2)24)18(26)16(12-22)28-13-27-11-7-8-17(25)20-10-6-4-3-5-9-19/h14,16,18,22-23,26H,3-13,19H2,1-2H3,(H,20,25). The van der Waals surface area contributed by atoms with Crippen LogP contribution in [0.25, 0.3) is 0 Å². The summed E-state index contributed by atoms with van der Waals surface area (Å²) in [5.74, 6) is -0.600. The molecule has 0 rings (SSSR count). The molecule has 0 aliphatic heterocycles. The number of ether oxygens (including phenoxy) is 2. The van der Waals surface area contributed by atoms with E-state index in [4.69, 9.17) is 15.2 Å². The lowest BCUT2D eigenvalue weighted by Crippen LogP contribution is -2.52.